The van der Waals surface area contributed by atoms with E-state index >= 15 is 0 Å². The molecule has 0 spiro atoms. The zero-order chi connectivity index (χ0) is 23.0. The molecule has 0 radical (unpaired) electrons. The van der Waals surface area contributed by atoms with Crippen molar-refractivity contribution in [2.24, 2.45) is 17.8 Å². The normalized spacial score (nSPS) is 17.9. The van der Waals surface area contributed by atoms with Crippen molar-refractivity contribution in [2.45, 2.75) is 125 Å². The van der Waals surface area contributed by atoms with Gasteiger partial charge in [-0.15, -0.1) is 0 Å². The summed E-state index contributed by atoms with van der Waals surface area (Å²) < 4.78 is 12.2. The SMILES string of the molecule is COc1c(C)c(C)c2c(c1C)CCC(CCC[C@H](C)CCC[C@H](C)CCCC(C)C)O2. The Morgan fingerprint density at radius 2 is 1.39 bits per heavy atom. The first kappa shape index (κ1) is 26.1. The Morgan fingerprint density at radius 1 is 0.806 bits per heavy atom. The van der Waals surface area contributed by atoms with Crippen LogP contribution in [0.1, 0.15) is 114 Å². The lowest BCUT2D eigenvalue weighted by Gasteiger charge is -2.30. The lowest BCUT2D eigenvalue weighted by atomic mass is 9.89. The minimum atomic E-state index is 0.381. The molecule has 0 bridgehead atoms. The Kier molecular flexibility index (Phi) is 10.7. The number of benzene rings is 1. The van der Waals surface area contributed by atoms with Gasteiger partial charge in [0.25, 0.3) is 0 Å². The standard InChI is InChI=1S/C29H50O2/c1-20(2)12-9-13-21(3)14-10-15-22(4)16-11-17-26-18-19-27-25(7)28(30-8)23(5)24(6)29(27)31-26/h20-22,26H,9-19H2,1-8H3/t21-,22-,26?/m1/s1. The van der Waals surface area contributed by atoms with Crippen LogP contribution in [0.15, 0.2) is 0 Å². The third-order valence-corrected chi connectivity index (χ3v) is 7.61. The van der Waals surface area contributed by atoms with Crippen LogP contribution in [0.5, 0.6) is 11.5 Å². The van der Waals surface area contributed by atoms with E-state index in [1.54, 1.807) is 7.11 Å². The Morgan fingerprint density at radius 3 is 1.97 bits per heavy atom. The fourth-order valence-electron chi connectivity index (χ4n) is 5.33. The number of fused-ring (bicyclic) bond motifs is 1. The van der Waals surface area contributed by atoms with Crippen LogP contribution < -0.4 is 9.47 Å². The number of hydrogen-bond donors (Lipinski definition) is 0. The van der Waals surface area contributed by atoms with Gasteiger partial charge in [0, 0.05) is 5.56 Å². The summed E-state index contributed by atoms with van der Waals surface area (Å²) in [5.74, 6) is 4.78. The van der Waals surface area contributed by atoms with Crippen molar-refractivity contribution in [3.05, 3.63) is 22.3 Å². The molecule has 2 rings (SSSR count). The van der Waals surface area contributed by atoms with Crippen molar-refractivity contribution >= 4 is 0 Å². The molecule has 1 unspecified atom stereocenters. The third-order valence-electron chi connectivity index (χ3n) is 7.61. The molecule has 3 atom stereocenters. The molecule has 0 saturated carbocycles. The van der Waals surface area contributed by atoms with Gasteiger partial charge in [-0.3, -0.25) is 0 Å². The quantitative estimate of drug-likeness (QED) is 0.311. The van der Waals surface area contributed by atoms with Crippen molar-refractivity contribution in [2.75, 3.05) is 7.11 Å². The third kappa shape index (κ3) is 7.72. The van der Waals surface area contributed by atoms with Crippen molar-refractivity contribution < 1.29 is 9.47 Å². The molecule has 2 nitrogen and oxygen atoms in total. The highest BCUT2D eigenvalue weighted by molar-refractivity contribution is 5.58. The molecule has 1 aromatic rings. The van der Waals surface area contributed by atoms with Crippen molar-refractivity contribution in [3.63, 3.8) is 0 Å². The van der Waals surface area contributed by atoms with Gasteiger partial charge >= 0.3 is 0 Å². The van der Waals surface area contributed by atoms with Crippen LogP contribution in [0, 0.1) is 38.5 Å². The number of ether oxygens (including phenoxy) is 2. The van der Waals surface area contributed by atoms with Crippen molar-refractivity contribution in [1.29, 1.82) is 0 Å². The minimum Gasteiger partial charge on any atom is -0.496 e. The number of hydrogen-bond acceptors (Lipinski definition) is 2. The average Bonchev–Trinajstić information content (AvgIpc) is 2.72. The zero-order valence-corrected chi connectivity index (χ0v) is 21.9. The van der Waals surface area contributed by atoms with Crippen molar-refractivity contribution in [1.82, 2.24) is 0 Å². The number of methoxy groups -OCH3 is 1. The first-order chi connectivity index (χ1) is 14.7. The topological polar surface area (TPSA) is 18.5 Å². The monoisotopic (exact) mass is 430 g/mol. The smallest absolute Gasteiger partial charge is 0.126 e. The highest BCUT2D eigenvalue weighted by Gasteiger charge is 2.26. The molecule has 0 amide bonds. The van der Waals surface area contributed by atoms with Crippen LogP contribution in [0.2, 0.25) is 0 Å². The average molecular weight is 431 g/mol. The fourth-order valence-corrected chi connectivity index (χ4v) is 5.33. The fraction of sp³-hybridized carbons (Fsp3) is 0.793. The van der Waals surface area contributed by atoms with Crippen LogP contribution >= 0.6 is 0 Å². The molecule has 178 valence electrons. The summed E-state index contributed by atoms with van der Waals surface area (Å²) in [6.45, 7) is 16.1. The van der Waals surface area contributed by atoms with Crippen LogP contribution in [0.3, 0.4) is 0 Å². The van der Waals surface area contributed by atoms with Crippen LogP contribution in [0.25, 0.3) is 0 Å². The van der Waals surface area contributed by atoms with Gasteiger partial charge < -0.3 is 9.47 Å². The second-order valence-electron chi connectivity index (χ2n) is 10.9. The van der Waals surface area contributed by atoms with E-state index in [4.69, 9.17) is 9.47 Å². The van der Waals surface area contributed by atoms with E-state index in [0.29, 0.717) is 6.10 Å². The van der Waals surface area contributed by atoms with E-state index in [9.17, 15) is 0 Å². The molecule has 31 heavy (non-hydrogen) atoms. The number of rotatable bonds is 13. The van der Waals surface area contributed by atoms with Gasteiger partial charge in [0.2, 0.25) is 0 Å². The summed E-state index contributed by atoms with van der Waals surface area (Å²) in [4.78, 5) is 0. The van der Waals surface area contributed by atoms with E-state index in [1.807, 2.05) is 0 Å². The summed E-state index contributed by atoms with van der Waals surface area (Å²) in [5.41, 5.74) is 5.13. The Hall–Kier alpha value is -1.18. The molecule has 1 aliphatic heterocycles. The van der Waals surface area contributed by atoms with E-state index < -0.39 is 0 Å². The maximum Gasteiger partial charge on any atom is 0.126 e. The zero-order valence-electron chi connectivity index (χ0n) is 21.9. The predicted octanol–water partition coefficient (Wildman–Crippen LogP) is 8.75. The van der Waals surface area contributed by atoms with Gasteiger partial charge in [-0.05, 0) is 80.9 Å². The van der Waals surface area contributed by atoms with E-state index in [-0.39, 0.29) is 0 Å². The Labute approximate surface area is 193 Å². The lowest BCUT2D eigenvalue weighted by Crippen LogP contribution is -2.24. The summed E-state index contributed by atoms with van der Waals surface area (Å²) in [7, 11) is 1.78. The molecular formula is C29H50O2. The second-order valence-corrected chi connectivity index (χ2v) is 10.9. The van der Waals surface area contributed by atoms with Gasteiger partial charge in [0.1, 0.15) is 11.5 Å². The molecule has 0 aromatic heterocycles. The predicted molar refractivity (Wildman–Crippen MR) is 135 cm³/mol. The summed E-state index contributed by atoms with van der Waals surface area (Å²) >= 11 is 0. The van der Waals surface area contributed by atoms with Gasteiger partial charge in [-0.1, -0.05) is 72.6 Å². The van der Waals surface area contributed by atoms with E-state index in [1.165, 1.54) is 80.0 Å². The lowest BCUT2D eigenvalue weighted by molar-refractivity contribution is 0.156. The van der Waals surface area contributed by atoms with E-state index in [0.717, 1.165) is 42.1 Å². The summed E-state index contributed by atoms with van der Waals surface area (Å²) in [5, 5.41) is 0. The van der Waals surface area contributed by atoms with Gasteiger partial charge in [0.15, 0.2) is 0 Å². The summed E-state index contributed by atoms with van der Waals surface area (Å²) in [6.07, 6.45) is 14.9. The highest BCUT2D eigenvalue weighted by Crippen LogP contribution is 2.41. The highest BCUT2D eigenvalue weighted by atomic mass is 16.5. The Bertz CT molecular complexity index is 676. The largest absolute Gasteiger partial charge is 0.496 e. The van der Waals surface area contributed by atoms with Gasteiger partial charge in [0.05, 0.1) is 13.2 Å². The molecular weight excluding hydrogens is 380 g/mol. The van der Waals surface area contributed by atoms with Crippen molar-refractivity contribution in [3.8, 4) is 11.5 Å². The molecule has 0 fully saturated rings. The molecule has 2 heteroatoms. The first-order valence-corrected chi connectivity index (χ1v) is 13.1. The molecule has 1 aliphatic rings. The van der Waals surface area contributed by atoms with Gasteiger partial charge in [-0.2, -0.15) is 0 Å². The minimum absolute atomic E-state index is 0.381. The molecule has 0 N–H and O–H groups in total. The molecule has 0 saturated heterocycles. The van der Waals surface area contributed by atoms with Gasteiger partial charge in [-0.25, -0.2) is 0 Å². The van der Waals surface area contributed by atoms with E-state index in [2.05, 4.69) is 48.5 Å². The van der Waals surface area contributed by atoms with Crippen LogP contribution in [-0.4, -0.2) is 13.2 Å². The molecule has 1 heterocycles. The second kappa shape index (κ2) is 12.8. The van der Waals surface area contributed by atoms with Crippen LogP contribution in [-0.2, 0) is 6.42 Å². The summed E-state index contributed by atoms with van der Waals surface area (Å²) in [6, 6.07) is 0. The Balaban J connectivity index is 1.70. The molecule has 0 aliphatic carbocycles. The maximum absolute atomic E-state index is 6.52. The maximum atomic E-state index is 6.52. The first-order valence-electron chi connectivity index (χ1n) is 13.1. The van der Waals surface area contributed by atoms with Crippen LogP contribution in [0.4, 0.5) is 0 Å². The molecule has 1 aromatic carbocycles.